The van der Waals surface area contributed by atoms with Gasteiger partial charge in [-0.25, -0.2) is 14.6 Å². The number of hydrogen-bond acceptors (Lipinski definition) is 6. The second-order valence-corrected chi connectivity index (χ2v) is 9.26. The molecule has 8 heteroatoms. The molecule has 4 aromatic heterocycles. The van der Waals surface area contributed by atoms with Crippen molar-refractivity contribution in [3.05, 3.63) is 101 Å². The average molecular weight is 478 g/mol. The molecule has 0 unspecified atom stereocenters. The highest BCUT2D eigenvalue weighted by Gasteiger charge is 2.21. The first-order valence-corrected chi connectivity index (χ1v) is 12.3. The van der Waals surface area contributed by atoms with Gasteiger partial charge < -0.3 is 9.88 Å². The number of aromatic amines is 1. The molecule has 0 radical (unpaired) electrons. The molecular formula is C28H27N7O. The Bertz CT molecular complexity index is 1520. The third-order valence-electron chi connectivity index (χ3n) is 7.04. The normalized spacial score (nSPS) is 14.9. The quantitative estimate of drug-likeness (QED) is 0.398. The lowest BCUT2D eigenvalue weighted by Gasteiger charge is -2.32. The number of aromatic nitrogens is 6. The van der Waals surface area contributed by atoms with Crippen LogP contribution in [0.25, 0.3) is 28.0 Å². The number of pyridine rings is 2. The van der Waals surface area contributed by atoms with Crippen molar-refractivity contribution in [2.24, 2.45) is 0 Å². The molecule has 1 fully saturated rings. The molecule has 0 bridgehead atoms. The van der Waals surface area contributed by atoms with Gasteiger partial charge in [0, 0.05) is 30.7 Å². The minimum absolute atomic E-state index is 0.177. The van der Waals surface area contributed by atoms with E-state index in [2.05, 4.69) is 54.2 Å². The van der Waals surface area contributed by atoms with Gasteiger partial charge in [-0.05, 0) is 67.6 Å². The lowest BCUT2D eigenvalue weighted by Crippen LogP contribution is -2.34. The molecule has 6 rings (SSSR count). The van der Waals surface area contributed by atoms with E-state index in [1.807, 2.05) is 36.8 Å². The van der Waals surface area contributed by atoms with Crippen LogP contribution in [-0.4, -0.2) is 54.3 Å². The molecule has 0 spiro atoms. The fourth-order valence-corrected chi connectivity index (χ4v) is 5.00. The van der Waals surface area contributed by atoms with E-state index < -0.39 is 0 Å². The van der Waals surface area contributed by atoms with Crippen LogP contribution in [0.1, 0.15) is 29.9 Å². The van der Waals surface area contributed by atoms with Crippen molar-refractivity contribution in [1.29, 1.82) is 0 Å². The maximum atomic E-state index is 12.1. The maximum Gasteiger partial charge on any atom is 0.258 e. The first-order chi connectivity index (χ1) is 17.7. The number of H-pyrrole nitrogens is 1. The topological polar surface area (TPSA) is 92.6 Å². The molecular weight excluding hydrogens is 450 g/mol. The summed E-state index contributed by atoms with van der Waals surface area (Å²) in [7, 11) is 0. The average Bonchev–Trinajstić information content (AvgIpc) is 3.42. The molecule has 5 aromatic rings. The number of piperidine rings is 1. The Balaban J connectivity index is 1.05. The molecule has 1 aromatic carbocycles. The summed E-state index contributed by atoms with van der Waals surface area (Å²) in [6.07, 6.45) is 12.0. The number of rotatable bonds is 6. The Labute approximate surface area is 208 Å². The van der Waals surface area contributed by atoms with Crippen LogP contribution in [0, 0.1) is 0 Å². The Morgan fingerprint density at radius 1 is 0.944 bits per heavy atom. The molecule has 1 saturated heterocycles. The Morgan fingerprint density at radius 3 is 2.61 bits per heavy atom. The van der Waals surface area contributed by atoms with Gasteiger partial charge in [-0.3, -0.25) is 9.78 Å². The molecule has 1 aliphatic heterocycles. The van der Waals surface area contributed by atoms with E-state index >= 15 is 0 Å². The van der Waals surface area contributed by atoms with Crippen molar-refractivity contribution in [2.45, 2.75) is 25.2 Å². The van der Waals surface area contributed by atoms with Crippen LogP contribution in [0.2, 0.25) is 0 Å². The Kier molecular flexibility index (Phi) is 6.09. The van der Waals surface area contributed by atoms with Gasteiger partial charge in [0.15, 0.2) is 5.82 Å². The number of hydrogen-bond donors (Lipinski definition) is 1. The minimum atomic E-state index is -0.177. The number of likely N-dealkylation sites (tertiary alicyclic amines) is 1. The van der Waals surface area contributed by atoms with E-state index in [9.17, 15) is 4.79 Å². The summed E-state index contributed by atoms with van der Waals surface area (Å²) in [5.74, 6) is 1.18. The fourth-order valence-electron chi connectivity index (χ4n) is 5.00. The number of fused-ring (bicyclic) bond motifs is 1. The van der Waals surface area contributed by atoms with Crippen LogP contribution in [0.15, 0.2) is 84.4 Å². The molecule has 180 valence electrons. The monoisotopic (exact) mass is 477 g/mol. The van der Waals surface area contributed by atoms with E-state index in [0.717, 1.165) is 37.3 Å². The predicted molar refractivity (Wildman–Crippen MR) is 139 cm³/mol. The summed E-state index contributed by atoms with van der Waals surface area (Å²) in [6.45, 7) is 3.19. The smallest absolute Gasteiger partial charge is 0.258 e. The van der Waals surface area contributed by atoms with Gasteiger partial charge in [0.05, 0.1) is 23.6 Å². The molecule has 0 atom stereocenters. The SMILES string of the molecule is O=c1[nH]cnc2c(-n3cc(CCN4CCC(c5ccc(-c6ccccn6)cc5)CC4)cn3)nccc12. The standard InChI is InChI=1S/C28H27N7O/c36-28-24-8-13-30-27(26(24)31-19-32-28)35-18-20(17-33-35)9-14-34-15-10-22(11-16-34)21-4-6-23(7-5-21)25-3-1-2-12-29-25/h1-8,12-13,17-19,22H,9-11,14-16H2,(H,31,32,36). The summed E-state index contributed by atoms with van der Waals surface area (Å²) in [5, 5.41) is 5.00. The molecule has 5 heterocycles. The summed E-state index contributed by atoms with van der Waals surface area (Å²) >= 11 is 0. The van der Waals surface area contributed by atoms with Crippen LogP contribution >= 0.6 is 0 Å². The van der Waals surface area contributed by atoms with Gasteiger partial charge in [-0.15, -0.1) is 0 Å². The molecule has 1 N–H and O–H groups in total. The number of benzene rings is 1. The van der Waals surface area contributed by atoms with E-state index in [1.54, 1.807) is 16.9 Å². The minimum Gasteiger partial charge on any atom is -0.313 e. The van der Waals surface area contributed by atoms with E-state index in [1.165, 1.54) is 30.3 Å². The van der Waals surface area contributed by atoms with Crippen LogP contribution in [0.5, 0.6) is 0 Å². The highest BCUT2D eigenvalue weighted by atomic mass is 16.1. The van der Waals surface area contributed by atoms with Crippen LogP contribution in [-0.2, 0) is 6.42 Å². The second kappa shape index (κ2) is 9.83. The number of nitrogens with zero attached hydrogens (tertiary/aromatic N) is 6. The van der Waals surface area contributed by atoms with Crippen molar-refractivity contribution in [1.82, 2.24) is 34.6 Å². The molecule has 36 heavy (non-hydrogen) atoms. The lowest BCUT2D eigenvalue weighted by atomic mass is 9.88. The zero-order chi connectivity index (χ0) is 24.3. The fraction of sp³-hybridized carbons (Fsp3) is 0.250. The van der Waals surface area contributed by atoms with Gasteiger partial charge in [-0.1, -0.05) is 30.3 Å². The highest BCUT2D eigenvalue weighted by Crippen LogP contribution is 2.29. The molecule has 0 saturated carbocycles. The van der Waals surface area contributed by atoms with Gasteiger partial charge in [0.2, 0.25) is 0 Å². The Hall–Kier alpha value is -4.17. The van der Waals surface area contributed by atoms with E-state index in [4.69, 9.17) is 0 Å². The highest BCUT2D eigenvalue weighted by molar-refractivity contribution is 5.83. The third kappa shape index (κ3) is 4.55. The summed E-state index contributed by atoms with van der Waals surface area (Å²) in [5.41, 5.74) is 5.12. The van der Waals surface area contributed by atoms with Gasteiger partial charge in [0.25, 0.3) is 5.56 Å². The van der Waals surface area contributed by atoms with Crippen LogP contribution < -0.4 is 5.56 Å². The van der Waals surface area contributed by atoms with Gasteiger partial charge in [-0.2, -0.15) is 5.10 Å². The Morgan fingerprint density at radius 2 is 1.81 bits per heavy atom. The van der Waals surface area contributed by atoms with E-state index in [-0.39, 0.29) is 5.56 Å². The molecule has 0 aliphatic carbocycles. The van der Waals surface area contributed by atoms with Crippen LogP contribution in [0.3, 0.4) is 0 Å². The number of nitrogens with one attached hydrogen (secondary N) is 1. The van der Waals surface area contributed by atoms with E-state index in [0.29, 0.717) is 22.6 Å². The van der Waals surface area contributed by atoms with Crippen molar-refractivity contribution in [3.63, 3.8) is 0 Å². The van der Waals surface area contributed by atoms with Crippen molar-refractivity contribution < 1.29 is 0 Å². The predicted octanol–water partition coefficient (Wildman–Crippen LogP) is 3.99. The van der Waals surface area contributed by atoms with Gasteiger partial charge in [0.1, 0.15) is 5.52 Å². The first-order valence-electron chi connectivity index (χ1n) is 12.3. The lowest BCUT2D eigenvalue weighted by molar-refractivity contribution is 0.214. The second-order valence-electron chi connectivity index (χ2n) is 9.26. The molecule has 0 amide bonds. The first kappa shape index (κ1) is 22.3. The van der Waals surface area contributed by atoms with Crippen molar-refractivity contribution >= 4 is 10.9 Å². The third-order valence-corrected chi connectivity index (χ3v) is 7.04. The summed E-state index contributed by atoms with van der Waals surface area (Å²) in [4.78, 5) is 30.4. The summed E-state index contributed by atoms with van der Waals surface area (Å²) < 4.78 is 1.71. The van der Waals surface area contributed by atoms with Crippen molar-refractivity contribution in [2.75, 3.05) is 19.6 Å². The molecule has 8 nitrogen and oxygen atoms in total. The summed E-state index contributed by atoms with van der Waals surface area (Å²) in [6, 6.07) is 16.6. The largest absolute Gasteiger partial charge is 0.313 e. The maximum absolute atomic E-state index is 12.1. The van der Waals surface area contributed by atoms with Gasteiger partial charge >= 0.3 is 0 Å². The zero-order valence-electron chi connectivity index (χ0n) is 19.9. The zero-order valence-corrected chi connectivity index (χ0v) is 19.9. The van der Waals surface area contributed by atoms with Crippen LogP contribution in [0.4, 0.5) is 0 Å². The molecule has 1 aliphatic rings. The van der Waals surface area contributed by atoms with Crippen molar-refractivity contribution in [3.8, 4) is 17.1 Å².